The smallest absolute Gasteiger partial charge is 0.258 e. The highest BCUT2D eigenvalue weighted by molar-refractivity contribution is 6.15. The summed E-state index contributed by atoms with van der Waals surface area (Å²) in [6.45, 7) is 15.9. The summed E-state index contributed by atoms with van der Waals surface area (Å²) in [5.74, 6) is 1.56. The van der Waals surface area contributed by atoms with E-state index in [9.17, 15) is 4.79 Å². The van der Waals surface area contributed by atoms with Crippen molar-refractivity contribution in [3.05, 3.63) is 46.8 Å². The zero-order valence-electron chi connectivity index (χ0n) is 19.7. The van der Waals surface area contributed by atoms with Gasteiger partial charge in [-0.25, -0.2) is 15.0 Å². The van der Waals surface area contributed by atoms with Gasteiger partial charge in [0.25, 0.3) is 5.91 Å². The van der Waals surface area contributed by atoms with Crippen molar-refractivity contribution in [1.82, 2.24) is 20.2 Å². The molecular formula is C24H32N6O2. The van der Waals surface area contributed by atoms with Crippen molar-refractivity contribution in [3.8, 4) is 0 Å². The molecule has 1 fully saturated rings. The second-order valence-electron chi connectivity index (χ2n) is 10.0. The van der Waals surface area contributed by atoms with Gasteiger partial charge in [-0.15, -0.1) is 0 Å². The van der Waals surface area contributed by atoms with Gasteiger partial charge in [-0.2, -0.15) is 0 Å². The van der Waals surface area contributed by atoms with E-state index in [0.29, 0.717) is 49.0 Å². The molecule has 1 saturated carbocycles. The lowest BCUT2D eigenvalue weighted by Gasteiger charge is -2.29. The van der Waals surface area contributed by atoms with Crippen molar-refractivity contribution in [2.24, 2.45) is 9.98 Å². The Labute approximate surface area is 189 Å². The van der Waals surface area contributed by atoms with Gasteiger partial charge >= 0.3 is 0 Å². The van der Waals surface area contributed by atoms with Crippen LogP contribution in [0.15, 0.2) is 39.7 Å². The summed E-state index contributed by atoms with van der Waals surface area (Å²) in [6, 6.07) is 0. The second kappa shape index (κ2) is 8.24. The first-order chi connectivity index (χ1) is 15.1. The van der Waals surface area contributed by atoms with Crippen LogP contribution in [0.1, 0.15) is 64.5 Å². The second-order valence-corrected chi connectivity index (χ2v) is 10.0. The van der Waals surface area contributed by atoms with Crippen LogP contribution in [0.4, 0.5) is 0 Å². The van der Waals surface area contributed by atoms with Crippen molar-refractivity contribution in [2.75, 3.05) is 13.2 Å². The van der Waals surface area contributed by atoms with Gasteiger partial charge in [0.1, 0.15) is 17.9 Å². The van der Waals surface area contributed by atoms with Gasteiger partial charge in [0.15, 0.2) is 0 Å². The van der Waals surface area contributed by atoms with Crippen LogP contribution >= 0.6 is 0 Å². The standard InChI is InChI=1S/C24H32N6O2/c1-15-19(16(2)32-20(15)27-13-25-14-28-24(6)8-9-24)21(31)30-10-7-18-17(12-30)11-26-22(29-18)23(3,4)5/h11,13,28H,1,7-10,12,14H2,2-6H3/b25-13-,27-20+. The first-order valence-electron chi connectivity index (χ1n) is 11.1. The minimum absolute atomic E-state index is 0.103. The number of nitrogens with zero attached hydrogens (tertiary/aromatic N) is 5. The summed E-state index contributed by atoms with van der Waals surface area (Å²) >= 11 is 0. The number of carbonyl (C=O) groups excluding carboxylic acids is 1. The highest BCUT2D eigenvalue weighted by Crippen LogP contribution is 2.34. The minimum atomic E-state index is -0.108. The Hall–Kier alpha value is -2.87. The molecule has 1 N–H and O–H groups in total. The van der Waals surface area contributed by atoms with Gasteiger partial charge in [-0.1, -0.05) is 27.4 Å². The summed E-state index contributed by atoms with van der Waals surface area (Å²) in [5, 5.41) is 3.36. The molecule has 0 unspecified atom stereocenters. The molecule has 8 heteroatoms. The van der Waals surface area contributed by atoms with Crippen LogP contribution in [0.2, 0.25) is 0 Å². The van der Waals surface area contributed by atoms with Gasteiger partial charge in [-0.3, -0.25) is 15.1 Å². The summed E-state index contributed by atoms with van der Waals surface area (Å²) in [6.07, 6.45) is 6.36. The molecule has 0 atom stereocenters. The lowest BCUT2D eigenvalue weighted by Crippen LogP contribution is -2.38. The third-order valence-electron chi connectivity index (χ3n) is 6.12. The first kappa shape index (κ1) is 22.3. The van der Waals surface area contributed by atoms with E-state index in [4.69, 9.17) is 9.72 Å². The zero-order chi connectivity index (χ0) is 23.1. The highest BCUT2D eigenvalue weighted by atomic mass is 16.5. The Balaban J connectivity index is 1.41. The van der Waals surface area contributed by atoms with Crippen LogP contribution in [0.5, 0.6) is 0 Å². The van der Waals surface area contributed by atoms with Crippen LogP contribution in [-0.4, -0.2) is 51.8 Å². The van der Waals surface area contributed by atoms with E-state index >= 15 is 0 Å². The Morgan fingerprint density at radius 3 is 2.84 bits per heavy atom. The number of rotatable bonds is 5. The topological polar surface area (TPSA) is 92.1 Å². The Bertz CT molecular complexity index is 1040. The minimum Gasteiger partial charge on any atom is -0.442 e. The normalized spacial score (nSPS) is 21.3. The summed E-state index contributed by atoms with van der Waals surface area (Å²) in [5.41, 5.74) is 3.09. The third kappa shape index (κ3) is 4.65. The first-order valence-corrected chi connectivity index (χ1v) is 11.1. The number of ether oxygens (including phenoxy) is 1. The molecule has 1 aromatic rings. The number of fused-ring (bicyclic) bond motifs is 1. The maximum Gasteiger partial charge on any atom is 0.258 e. The van der Waals surface area contributed by atoms with E-state index in [-0.39, 0.29) is 16.9 Å². The van der Waals surface area contributed by atoms with Crippen LogP contribution in [-0.2, 0) is 27.9 Å². The molecule has 1 amide bonds. The number of carbonyl (C=O) groups is 1. The van der Waals surface area contributed by atoms with Gasteiger partial charge in [0.2, 0.25) is 5.90 Å². The molecule has 1 aliphatic carbocycles. The molecule has 4 rings (SSSR count). The van der Waals surface area contributed by atoms with Gasteiger partial charge in [0.05, 0.1) is 17.9 Å². The van der Waals surface area contributed by atoms with Crippen molar-refractivity contribution in [3.63, 3.8) is 0 Å². The Morgan fingerprint density at radius 2 is 2.16 bits per heavy atom. The summed E-state index contributed by atoms with van der Waals surface area (Å²) in [4.78, 5) is 32.9. The number of hydrogen-bond donors (Lipinski definition) is 1. The fraction of sp³-hybridized carbons (Fsp3) is 0.542. The van der Waals surface area contributed by atoms with E-state index in [2.05, 4.69) is 54.6 Å². The quantitative estimate of drug-likeness (QED) is 0.566. The molecular weight excluding hydrogens is 404 g/mol. The van der Waals surface area contributed by atoms with E-state index in [1.165, 1.54) is 19.2 Å². The van der Waals surface area contributed by atoms with Crippen LogP contribution < -0.4 is 5.32 Å². The number of aromatic nitrogens is 2. The molecule has 0 spiro atoms. The maximum atomic E-state index is 13.3. The lowest BCUT2D eigenvalue weighted by molar-refractivity contribution is -0.127. The van der Waals surface area contributed by atoms with Gasteiger partial charge in [-0.05, 0) is 26.7 Å². The average Bonchev–Trinajstić information content (AvgIpc) is 3.40. The predicted octanol–water partition coefficient (Wildman–Crippen LogP) is 3.05. The Morgan fingerprint density at radius 1 is 1.41 bits per heavy atom. The van der Waals surface area contributed by atoms with Crippen molar-refractivity contribution < 1.29 is 9.53 Å². The molecule has 3 heterocycles. The summed E-state index contributed by atoms with van der Waals surface area (Å²) in [7, 11) is 0. The maximum absolute atomic E-state index is 13.3. The Kier molecular flexibility index (Phi) is 5.75. The molecule has 1 aromatic heterocycles. The molecule has 8 nitrogen and oxygen atoms in total. The monoisotopic (exact) mass is 436 g/mol. The molecule has 0 bridgehead atoms. The molecule has 3 aliphatic rings. The van der Waals surface area contributed by atoms with Crippen LogP contribution in [0.3, 0.4) is 0 Å². The third-order valence-corrected chi connectivity index (χ3v) is 6.12. The van der Waals surface area contributed by atoms with E-state index in [0.717, 1.165) is 17.1 Å². The SMILES string of the molecule is C=C1C(C(=O)N2CCc3nc(C(C)(C)C)ncc3C2)=C(C)O/C1=N/C=N\CNC1(C)CC1. The predicted molar refractivity (Wildman–Crippen MR) is 124 cm³/mol. The fourth-order valence-corrected chi connectivity index (χ4v) is 3.70. The van der Waals surface area contributed by atoms with Gasteiger partial charge < -0.3 is 9.64 Å². The molecule has 0 saturated heterocycles. The largest absolute Gasteiger partial charge is 0.442 e. The number of allylic oxidation sites excluding steroid dienone is 1. The molecule has 0 aromatic carbocycles. The van der Waals surface area contributed by atoms with Crippen molar-refractivity contribution >= 4 is 18.1 Å². The van der Waals surface area contributed by atoms with Crippen LogP contribution in [0, 0.1) is 0 Å². The molecule has 0 radical (unpaired) electrons. The van der Waals surface area contributed by atoms with Crippen molar-refractivity contribution in [1.29, 1.82) is 0 Å². The van der Waals surface area contributed by atoms with E-state index in [1.807, 2.05) is 6.20 Å². The number of amides is 1. The highest BCUT2D eigenvalue weighted by Gasteiger charge is 2.36. The number of hydrogen-bond acceptors (Lipinski definition) is 6. The van der Waals surface area contributed by atoms with Crippen molar-refractivity contribution in [2.45, 2.75) is 71.4 Å². The summed E-state index contributed by atoms with van der Waals surface area (Å²) < 4.78 is 5.73. The average molecular weight is 437 g/mol. The molecule has 170 valence electrons. The molecule has 2 aliphatic heterocycles. The number of aliphatic imine (C=N–C) groups is 2. The van der Waals surface area contributed by atoms with Gasteiger partial charge in [0, 0.05) is 47.8 Å². The molecule has 32 heavy (non-hydrogen) atoms. The fourth-order valence-electron chi connectivity index (χ4n) is 3.70. The van der Waals surface area contributed by atoms with Crippen LogP contribution in [0.25, 0.3) is 0 Å². The number of nitrogens with one attached hydrogen (secondary N) is 1. The van der Waals surface area contributed by atoms with E-state index in [1.54, 1.807) is 11.8 Å². The zero-order valence-corrected chi connectivity index (χ0v) is 19.7. The van der Waals surface area contributed by atoms with E-state index < -0.39 is 0 Å². The lowest BCUT2D eigenvalue weighted by atomic mass is 9.95.